The maximum atomic E-state index is 5.65. The SMILES string of the molecule is CCCCCNCC1CCOC1CC. The Bertz CT molecular complexity index is 138. The second-order valence-corrected chi connectivity index (χ2v) is 4.28. The Balaban J connectivity index is 2.00. The molecule has 0 bridgehead atoms. The number of unbranched alkanes of at least 4 members (excludes halogenated alkanes) is 2. The summed E-state index contributed by atoms with van der Waals surface area (Å²) < 4.78 is 5.65. The van der Waals surface area contributed by atoms with Gasteiger partial charge < -0.3 is 10.1 Å². The molecule has 0 saturated carbocycles. The highest BCUT2D eigenvalue weighted by Gasteiger charge is 2.25. The first kappa shape index (κ1) is 12.0. The Hall–Kier alpha value is -0.0800. The Morgan fingerprint density at radius 2 is 2.14 bits per heavy atom. The van der Waals surface area contributed by atoms with Crippen LogP contribution in [0, 0.1) is 5.92 Å². The van der Waals surface area contributed by atoms with E-state index >= 15 is 0 Å². The van der Waals surface area contributed by atoms with Crippen molar-refractivity contribution in [1.29, 1.82) is 0 Å². The summed E-state index contributed by atoms with van der Waals surface area (Å²) in [6.45, 7) is 7.78. The van der Waals surface area contributed by atoms with E-state index in [1.807, 2.05) is 0 Å². The quantitative estimate of drug-likeness (QED) is 0.636. The minimum atomic E-state index is 0.522. The molecule has 1 saturated heterocycles. The standard InChI is InChI=1S/C12H25NO/c1-3-5-6-8-13-10-11-7-9-14-12(11)4-2/h11-13H,3-10H2,1-2H3. The summed E-state index contributed by atoms with van der Waals surface area (Å²) in [5, 5.41) is 3.55. The molecular formula is C12H25NO. The molecule has 2 heteroatoms. The minimum Gasteiger partial charge on any atom is -0.378 e. The Labute approximate surface area is 88.4 Å². The van der Waals surface area contributed by atoms with E-state index in [0.29, 0.717) is 6.10 Å². The fourth-order valence-corrected chi connectivity index (χ4v) is 2.16. The molecule has 2 unspecified atom stereocenters. The van der Waals surface area contributed by atoms with Gasteiger partial charge in [0.05, 0.1) is 6.10 Å². The third-order valence-electron chi connectivity index (χ3n) is 3.11. The van der Waals surface area contributed by atoms with Crippen LogP contribution in [0.15, 0.2) is 0 Å². The molecule has 0 spiro atoms. The molecule has 84 valence electrons. The van der Waals surface area contributed by atoms with E-state index in [-0.39, 0.29) is 0 Å². The lowest BCUT2D eigenvalue weighted by Gasteiger charge is -2.17. The number of hydrogen-bond acceptors (Lipinski definition) is 2. The summed E-state index contributed by atoms with van der Waals surface area (Å²) in [6.07, 6.45) is 6.92. The predicted octanol–water partition coefficient (Wildman–Crippen LogP) is 2.58. The topological polar surface area (TPSA) is 21.3 Å². The molecule has 1 heterocycles. The van der Waals surface area contributed by atoms with Crippen LogP contribution in [-0.4, -0.2) is 25.8 Å². The molecule has 0 aromatic rings. The van der Waals surface area contributed by atoms with Gasteiger partial charge in [0.25, 0.3) is 0 Å². The largest absolute Gasteiger partial charge is 0.378 e. The molecule has 2 nitrogen and oxygen atoms in total. The van der Waals surface area contributed by atoms with Gasteiger partial charge in [0, 0.05) is 13.2 Å². The van der Waals surface area contributed by atoms with Gasteiger partial charge in [-0.15, -0.1) is 0 Å². The van der Waals surface area contributed by atoms with Crippen LogP contribution in [0.3, 0.4) is 0 Å². The van der Waals surface area contributed by atoms with Gasteiger partial charge in [0.1, 0.15) is 0 Å². The van der Waals surface area contributed by atoms with Crippen LogP contribution in [0.2, 0.25) is 0 Å². The van der Waals surface area contributed by atoms with Gasteiger partial charge in [-0.3, -0.25) is 0 Å². The zero-order chi connectivity index (χ0) is 10.2. The van der Waals surface area contributed by atoms with Crippen molar-refractivity contribution in [3.8, 4) is 0 Å². The van der Waals surface area contributed by atoms with Crippen LogP contribution >= 0.6 is 0 Å². The molecule has 0 aromatic carbocycles. The Morgan fingerprint density at radius 3 is 2.86 bits per heavy atom. The van der Waals surface area contributed by atoms with Crippen molar-refractivity contribution in [2.24, 2.45) is 5.92 Å². The zero-order valence-electron chi connectivity index (χ0n) is 9.72. The molecule has 0 aromatic heterocycles. The molecule has 1 rings (SSSR count). The number of rotatable bonds is 7. The third kappa shape index (κ3) is 3.97. The molecule has 0 amide bonds. The summed E-state index contributed by atoms with van der Waals surface area (Å²) in [6, 6.07) is 0. The number of hydrogen-bond donors (Lipinski definition) is 1. The first-order chi connectivity index (χ1) is 6.88. The van der Waals surface area contributed by atoms with E-state index in [0.717, 1.165) is 19.1 Å². The number of ether oxygens (including phenoxy) is 1. The van der Waals surface area contributed by atoms with Gasteiger partial charge in [-0.25, -0.2) is 0 Å². The first-order valence-corrected chi connectivity index (χ1v) is 6.20. The zero-order valence-corrected chi connectivity index (χ0v) is 9.72. The second kappa shape index (κ2) is 7.24. The molecule has 0 radical (unpaired) electrons. The monoisotopic (exact) mass is 199 g/mol. The summed E-state index contributed by atoms with van der Waals surface area (Å²) in [7, 11) is 0. The van der Waals surface area contributed by atoms with E-state index < -0.39 is 0 Å². The highest BCUT2D eigenvalue weighted by Crippen LogP contribution is 2.22. The second-order valence-electron chi connectivity index (χ2n) is 4.28. The van der Waals surface area contributed by atoms with Crippen LogP contribution in [0.5, 0.6) is 0 Å². The maximum absolute atomic E-state index is 5.65. The lowest BCUT2D eigenvalue weighted by Crippen LogP contribution is -2.28. The maximum Gasteiger partial charge on any atom is 0.0613 e. The molecule has 1 aliphatic heterocycles. The highest BCUT2D eigenvalue weighted by molar-refractivity contribution is 4.76. The van der Waals surface area contributed by atoms with E-state index in [2.05, 4.69) is 19.2 Å². The molecule has 1 N–H and O–H groups in total. The van der Waals surface area contributed by atoms with Gasteiger partial charge in [0.15, 0.2) is 0 Å². The van der Waals surface area contributed by atoms with Gasteiger partial charge in [0.2, 0.25) is 0 Å². The van der Waals surface area contributed by atoms with Crippen molar-refractivity contribution < 1.29 is 4.74 Å². The van der Waals surface area contributed by atoms with Crippen molar-refractivity contribution in [2.45, 2.75) is 52.1 Å². The van der Waals surface area contributed by atoms with Crippen molar-refractivity contribution in [3.63, 3.8) is 0 Å². The summed E-state index contributed by atoms with van der Waals surface area (Å²) >= 11 is 0. The third-order valence-corrected chi connectivity index (χ3v) is 3.11. The molecule has 2 atom stereocenters. The molecule has 1 fully saturated rings. The van der Waals surface area contributed by atoms with E-state index in [1.54, 1.807) is 0 Å². The Morgan fingerprint density at radius 1 is 1.29 bits per heavy atom. The lowest BCUT2D eigenvalue weighted by atomic mass is 10.00. The average Bonchev–Trinajstić information content (AvgIpc) is 2.65. The van der Waals surface area contributed by atoms with E-state index in [1.165, 1.54) is 38.6 Å². The molecular weight excluding hydrogens is 174 g/mol. The Kier molecular flexibility index (Phi) is 6.20. The van der Waals surface area contributed by atoms with Crippen LogP contribution < -0.4 is 5.32 Å². The lowest BCUT2D eigenvalue weighted by molar-refractivity contribution is 0.0873. The molecule has 14 heavy (non-hydrogen) atoms. The van der Waals surface area contributed by atoms with Crippen LogP contribution in [0.1, 0.15) is 46.0 Å². The van der Waals surface area contributed by atoms with Crippen LogP contribution in [0.25, 0.3) is 0 Å². The fourth-order valence-electron chi connectivity index (χ4n) is 2.16. The van der Waals surface area contributed by atoms with Gasteiger partial charge >= 0.3 is 0 Å². The van der Waals surface area contributed by atoms with Gasteiger partial charge in [-0.2, -0.15) is 0 Å². The highest BCUT2D eigenvalue weighted by atomic mass is 16.5. The van der Waals surface area contributed by atoms with Crippen molar-refractivity contribution in [2.75, 3.05) is 19.7 Å². The fraction of sp³-hybridized carbons (Fsp3) is 1.00. The molecule has 0 aliphatic carbocycles. The summed E-state index contributed by atoms with van der Waals surface area (Å²) in [5.74, 6) is 0.765. The van der Waals surface area contributed by atoms with E-state index in [9.17, 15) is 0 Å². The van der Waals surface area contributed by atoms with Gasteiger partial charge in [-0.05, 0) is 31.7 Å². The van der Waals surface area contributed by atoms with Crippen LogP contribution in [0.4, 0.5) is 0 Å². The van der Waals surface area contributed by atoms with Crippen molar-refractivity contribution >= 4 is 0 Å². The van der Waals surface area contributed by atoms with Gasteiger partial charge in [-0.1, -0.05) is 26.7 Å². The van der Waals surface area contributed by atoms with Crippen molar-refractivity contribution in [1.82, 2.24) is 5.32 Å². The van der Waals surface area contributed by atoms with Crippen LogP contribution in [-0.2, 0) is 4.74 Å². The summed E-state index contributed by atoms with van der Waals surface area (Å²) in [4.78, 5) is 0. The minimum absolute atomic E-state index is 0.522. The smallest absolute Gasteiger partial charge is 0.0613 e. The van der Waals surface area contributed by atoms with E-state index in [4.69, 9.17) is 4.74 Å². The molecule has 1 aliphatic rings. The first-order valence-electron chi connectivity index (χ1n) is 6.20. The predicted molar refractivity (Wildman–Crippen MR) is 60.5 cm³/mol. The number of nitrogens with one attached hydrogen (secondary N) is 1. The summed E-state index contributed by atoms with van der Waals surface area (Å²) in [5.41, 5.74) is 0. The average molecular weight is 199 g/mol. The van der Waals surface area contributed by atoms with Crippen molar-refractivity contribution in [3.05, 3.63) is 0 Å². The normalized spacial score (nSPS) is 27.0.